The lowest BCUT2D eigenvalue weighted by atomic mass is 9.99. The fraction of sp³-hybridized carbons (Fsp3) is 0.364. The predicted molar refractivity (Wildman–Crippen MR) is 107 cm³/mol. The van der Waals surface area contributed by atoms with E-state index in [2.05, 4.69) is 0 Å². The van der Waals surface area contributed by atoms with Crippen molar-refractivity contribution in [3.05, 3.63) is 78.4 Å². The van der Waals surface area contributed by atoms with Crippen LogP contribution in [0.4, 0.5) is 0 Å². The third kappa shape index (κ3) is 6.26. The molecule has 0 aliphatic carbocycles. The van der Waals surface area contributed by atoms with Crippen LogP contribution in [0, 0.1) is 6.61 Å². The minimum absolute atomic E-state index is 0.289. The van der Waals surface area contributed by atoms with Crippen molar-refractivity contribution < 1.29 is 28.8 Å². The number of halogens is 1. The molecule has 0 saturated carbocycles. The molecule has 155 valence electrons. The van der Waals surface area contributed by atoms with Crippen molar-refractivity contribution in [2.45, 2.75) is 37.6 Å². The van der Waals surface area contributed by atoms with Gasteiger partial charge in [-0.1, -0.05) is 60.7 Å². The molecule has 1 saturated heterocycles. The molecule has 2 aromatic rings. The Labute approximate surface area is 175 Å². The molecule has 29 heavy (non-hydrogen) atoms. The second kappa shape index (κ2) is 11.3. The molecule has 0 unspecified atom stereocenters. The lowest BCUT2D eigenvalue weighted by Crippen LogP contribution is -2.56. The Kier molecular flexibility index (Phi) is 8.46. The van der Waals surface area contributed by atoms with Gasteiger partial charge >= 0.3 is 5.97 Å². The zero-order valence-electron chi connectivity index (χ0n) is 15.9. The first-order valence-corrected chi connectivity index (χ1v) is 9.91. The van der Waals surface area contributed by atoms with Crippen LogP contribution >= 0.6 is 11.6 Å². The summed E-state index contributed by atoms with van der Waals surface area (Å²) in [7, 11) is 0. The summed E-state index contributed by atoms with van der Waals surface area (Å²) in [4.78, 5) is 11.8. The highest BCUT2D eigenvalue weighted by Gasteiger charge is 2.44. The molecule has 1 heterocycles. The normalized spacial score (nSPS) is 24.2. The first kappa shape index (κ1) is 21.7. The van der Waals surface area contributed by atoms with Crippen molar-refractivity contribution in [1.82, 2.24) is 0 Å². The molecule has 1 aliphatic rings. The predicted octanol–water partition coefficient (Wildman–Crippen LogP) is 2.86. The molecule has 0 bridgehead atoms. The number of aliphatic hydroxyl groups excluding tert-OH is 1. The molecule has 0 amide bonds. The summed E-state index contributed by atoms with van der Waals surface area (Å²) in [5.41, 5.74) is 1.95. The number of carbonyl (C=O) groups excluding carboxylic acids is 1. The molecule has 7 heteroatoms. The van der Waals surface area contributed by atoms with E-state index in [0.29, 0.717) is 6.61 Å². The number of aliphatic hydroxyl groups is 1. The number of esters is 1. The number of carbonyl (C=O) groups is 1. The number of ether oxygens (including phenoxy) is 4. The average Bonchev–Trinajstić information content (AvgIpc) is 2.78. The van der Waals surface area contributed by atoms with Crippen molar-refractivity contribution >= 4 is 17.6 Å². The van der Waals surface area contributed by atoms with Crippen LogP contribution in [0.5, 0.6) is 0 Å². The van der Waals surface area contributed by atoms with E-state index in [9.17, 15) is 9.90 Å². The van der Waals surface area contributed by atoms with E-state index >= 15 is 0 Å². The summed E-state index contributed by atoms with van der Waals surface area (Å²) >= 11 is 5.60. The lowest BCUT2D eigenvalue weighted by molar-refractivity contribution is -0.219. The maximum atomic E-state index is 11.8. The van der Waals surface area contributed by atoms with Gasteiger partial charge in [0.2, 0.25) is 0 Å². The van der Waals surface area contributed by atoms with Crippen LogP contribution in [0.3, 0.4) is 0 Å². The van der Waals surface area contributed by atoms with E-state index in [1.54, 1.807) is 0 Å². The Hall–Kier alpha value is -1.96. The van der Waals surface area contributed by atoms with E-state index in [1.165, 1.54) is 6.61 Å². The molecule has 1 N–H and O–H groups in total. The molecule has 1 aliphatic heterocycles. The standard InChI is InChI=1S/C22H24ClO6/c23-11-20(25)29-22-18(12-24)27-15-19(26-13-16-7-3-1-4-8-16)21(22)28-14-17-9-5-2-6-10-17/h1-10,15,18-19,21-22,24H,11-14H2/t18-,19+,21-,22-/m1/s1. The fourth-order valence-electron chi connectivity index (χ4n) is 3.06. The van der Waals surface area contributed by atoms with Gasteiger partial charge in [-0.15, -0.1) is 11.6 Å². The number of hydrogen-bond donors (Lipinski definition) is 1. The Morgan fingerprint density at radius 1 is 0.931 bits per heavy atom. The van der Waals surface area contributed by atoms with Crippen LogP contribution < -0.4 is 0 Å². The minimum atomic E-state index is -0.860. The molecule has 2 aromatic carbocycles. The van der Waals surface area contributed by atoms with Crippen LogP contribution in [-0.2, 0) is 37.0 Å². The van der Waals surface area contributed by atoms with E-state index in [4.69, 9.17) is 30.5 Å². The molecule has 4 atom stereocenters. The van der Waals surface area contributed by atoms with Gasteiger partial charge in [-0.2, -0.15) is 0 Å². The highest BCUT2D eigenvalue weighted by Crippen LogP contribution is 2.28. The van der Waals surface area contributed by atoms with Crippen LogP contribution in [0.25, 0.3) is 0 Å². The number of alkyl halides is 1. The Morgan fingerprint density at radius 2 is 1.52 bits per heavy atom. The van der Waals surface area contributed by atoms with E-state index < -0.39 is 30.4 Å². The van der Waals surface area contributed by atoms with Crippen molar-refractivity contribution in [3.8, 4) is 0 Å². The molecule has 0 aromatic heterocycles. The Balaban J connectivity index is 1.74. The number of benzene rings is 2. The summed E-state index contributed by atoms with van der Waals surface area (Å²) in [6.45, 7) is 1.77. The van der Waals surface area contributed by atoms with Crippen LogP contribution in [0.15, 0.2) is 60.7 Å². The summed E-state index contributed by atoms with van der Waals surface area (Å²) < 4.78 is 23.1. The first-order chi connectivity index (χ1) is 14.2. The summed E-state index contributed by atoms with van der Waals surface area (Å²) in [6.07, 6.45) is -2.90. The molecular weight excluding hydrogens is 396 g/mol. The van der Waals surface area contributed by atoms with Crippen LogP contribution in [0.2, 0.25) is 0 Å². The molecular formula is C22H24ClO6. The quantitative estimate of drug-likeness (QED) is 0.497. The Bertz CT molecular complexity index is 741. The first-order valence-electron chi connectivity index (χ1n) is 9.37. The van der Waals surface area contributed by atoms with Gasteiger partial charge in [0.15, 0.2) is 6.10 Å². The number of rotatable bonds is 9. The smallest absolute Gasteiger partial charge is 0.321 e. The average molecular weight is 420 g/mol. The monoisotopic (exact) mass is 419 g/mol. The van der Waals surface area contributed by atoms with Gasteiger partial charge in [-0.05, 0) is 11.1 Å². The topological polar surface area (TPSA) is 74.2 Å². The van der Waals surface area contributed by atoms with Crippen molar-refractivity contribution in [1.29, 1.82) is 0 Å². The molecule has 0 spiro atoms. The van der Waals surface area contributed by atoms with Crippen LogP contribution in [0.1, 0.15) is 11.1 Å². The summed E-state index contributed by atoms with van der Waals surface area (Å²) in [5, 5.41) is 9.68. The lowest BCUT2D eigenvalue weighted by Gasteiger charge is -2.40. The maximum Gasteiger partial charge on any atom is 0.321 e. The van der Waals surface area contributed by atoms with E-state index in [0.717, 1.165) is 11.1 Å². The van der Waals surface area contributed by atoms with Gasteiger partial charge in [0, 0.05) is 0 Å². The van der Waals surface area contributed by atoms with Gasteiger partial charge in [0.1, 0.15) is 30.8 Å². The molecule has 6 nitrogen and oxygen atoms in total. The van der Waals surface area contributed by atoms with Crippen molar-refractivity contribution in [3.63, 3.8) is 0 Å². The number of hydrogen-bond acceptors (Lipinski definition) is 6. The third-order valence-corrected chi connectivity index (χ3v) is 4.75. The van der Waals surface area contributed by atoms with Gasteiger partial charge in [-0.3, -0.25) is 4.79 Å². The SMILES string of the molecule is O=C(CCl)O[C@H]1[C@H](OCc2ccccc2)[C@@H](OCc2ccccc2)[CH]O[C@@H]1CO. The van der Waals surface area contributed by atoms with Gasteiger partial charge in [0.25, 0.3) is 0 Å². The van der Waals surface area contributed by atoms with Crippen molar-refractivity contribution in [2.24, 2.45) is 0 Å². The van der Waals surface area contributed by atoms with E-state index in [1.807, 2.05) is 60.7 Å². The fourth-order valence-corrected chi connectivity index (χ4v) is 3.13. The summed E-state index contributed by atoms with van der Waals surface area (Å²) in [5.74, 6) is -0.921. The maximum absolute atomic E-state index is 11.8. The highest BCUT2D eigenvalue weighted by atomic mass is 35.5. The minimum Gasteiger partial charge on any atom is -0.456 e. The van der Waals surface area contributed by atoms with Gasteiger partial charge in [0.05, 0.1) is 19.8 Å². The second-order valence-corrected chi connectivity index (χ2v) is 6.87. The third-order valence-electron chi connectivity index (χ3n) is 4.53. The highest BCUT2D eigenvalue weighted by molar-refractivity contribution is 6.26. The van der Waals surface area contributed by atoms with Gasteiger partial charge < -0.3 is 24.1 Å². The van der Waals surface area contributed by atoms with Crippen molar-refractivity contribution in [2.75, 3.05) is 12.5 Å². The van der Waals surface area contributed by atoms with Crippen LogP contribution in [-0.4, -0.2) is 48.0 Å². The zero-order chi connectivity index (χ0) is 20.5. The molecule has 1 radical (unpaired) electrons. The molecule has 3 rings (SSSR count). The summed E-state index contributed by atoms with van der Waals surface area (Å²) in [6, 6.07) is 19.3. The van der Waals surface area contributed by atoms with E-state index in [-0.39, 0.29) is 19.1 Å². The Morgan fingerprint density at radius 3 is 2.07 bits per heavy atom. The second-order valence-electron chi connectivity index (χ2n) is 6.60. The zero-order valence-corrected chi connectivity index (χ0v) is 16.6. The molecule has 1 fully saturated rings. The van der Waals surface area contributed by atoms with Gasteiger partial charge in [-0.25, -0.2) is 0 Å². The largest absolute Gasteiger partial charge is 0.456 e.